The molecule has 0 radical (unpaired) electrons. The van der Waals surface area contributed by atoms with Gasteiger partial charge in [-0.3, -0.25) is 9.59 Å². The number of rotatable bonds is 4. The van der Waals surface area contributed by atoms with E-state index < -0.39 is 0 Å². The molecule has 2 rings (SSSR count). The molecule has 0 aromatic heterocycles. The first-order valence-electron chi connectivity index (χ1n) is 7.63. The van der Waals surface area contributed by atoms with Crippen molar-refractivity contribution in [2.75, 3.05) is 19.6 Å². The summed E-state index contributed by atoms with van der Waals surface area (Å²) < 4.78 is 0. The molecular formula is C16H23Cl2N3O2. The Morgan fingerprint density at radius 2 is 1.91 bits per heavy atom. The van der Waals surface area contributed by atoms with Crippen LogP contribution in [-0.2, 0) is 9.59 Å². The van der Waals surface area contributed by atoms with Gasteiger partial charge in [-0.1, -0.05) is 36.6 Å². The van der Waals surface area contributed by atoms with Crippen LogP contribution in [-0.4, -0.2) is 36.3 Å². The summed E-state index contributed by atoms with van der Waals surface area (Å²) in [5, 5.41) is 3.24. The van der Waals surface area contributed by atoms with Crippen LogP contribution < -0.4 is 11.1 Å². The lowest BCUT2D eigenvalue weighted by atomic mass is 10.0. The van der Waals surface area contributed by atoms with Crippen molar-refractivity contribution < 1.29 is 9.59 Å². The third kappa shape index (κ3) is 5.68. The van der Waals surface area contributed by atoms with Crippen molar-refractivity contribution in [3.63, 3.8) is 0 Å². The predicted molar refractivity (Wildman–Crippen MR) is 93.7 cm³/mol. The minimum absolute atomic E-state index is 0. The van der Waals surface area contributed by atoms with Crippen molar-refractivity contribution in [3.05, 3.63) is 34.9 Å². The molecule has 1 atom stereocenters. The second kappa shape index (κ2) is 9.75. The van der Waals surface area contributed by atoms with Crippen LogP contribution >= 0.6 is 24.0 Å². The Morgan fingerprint density at radius 3 is 2.57 bits per heavy atom. The maximum absolute atomic E-state index is 12.5. The summed E-state index contributed by atoms with van der Waals surface area (Å²) in [5.74, 6) is -0.380. The van der Waals surface area contributed by atoms with E-state index in [1.54, 1.807) is 0 Å². The standard InChI is InChI=1S/C16H22ClN3O2.ClH/c17-13-7-5-12(6-8-13)14-4-2-1-3-9-20(14)16(22)11-19-15(21)10-18;/h5-8,14H,1-4,9-11,18H2,(H,19,21);1H. The molecule has 0 spiro atoms. The molecule has 5 nitrogen and oxygen atoms in total. The molecule has 3 N–H and O–H groups in total. The zero-order valence-electron chi connectivity index (χ0n) is 13.0. The lowest BCUT2D eigenvalue weighted by Gasteiger charge is -2.30. The predicted octanol–water partition coefficient (Wildman–Crippen LogP) is 2.28. The second-order valence-electron chi connectivity index (χ2n) is 5.48. The first kappa shape index (κ1) is 19.7. The van der Waals surface area contributed by atoms with E-state index >= 15 is 0 Å². The van der Waals surface area contributed by atoms with E-state index in [0.717, 1.165) is 31.2 Å². The molecule has 1 aromatic carbocycles. The van der Waals surface area contributed by atoms with Gasteiger partial charge in [-0.05, 0) is 30.5 Å². The van der Waals surface area contributed by atoms with Crippen molar-refractivity contribution in [2.24, 2.45) is 5.73 Å². The fraction of sp³-hybridized carbons (Fsp3) is 0.500. The molecule has 1 saturated heterocycles. The molecule has 1 aliphatic rings. The van der Waals surface area contributed by atoms with Gasteiger partial charge in [0.2, 0.25) is 11.8 Å². The number of carbonyl (C=O) groups excluding carboxylic acids is 2. The number of likely N-dealkylation sites (tertiary alicyclic amines) is 1. The molecule has 7 heteroatoms. The third-order valence-electron chi connectivity index (χ3n) is 3.95. The monoisotopic (exact) mass is 359 g/mol. The highest BCUT2D eigenvalue weighted by Crippen LogP contribution is 2.30. The SMILES string of the molecule is Cl.NCC(=O)NCC(=O)N1CCCCCC1c1ccc(Cl)cc1. The van der Waals surface area contributed by atoms with E-state index in [-0.39, 0.29) is 43.4 Å². The van der Waals surface area contributed by atoms with Crippen LogP contribution in [0.5, 0.6) is 0 Å². The Labute approximate surface area is 148 Å². The van der Waals surface area contributed by atoms with Crippen LogP contribution in [0.4, 0.5) is 0 Å². The van der Waals surface area contributed by atoms with E-state index in [0.29, 0.717) is 11.6 Å². The van der Waals surface area contributed by atoms with Crippen molar-refractivity contribution >= 4 is 35.8 Å². The van der Waals surface area contributed by atoms with Crippen LogP contribution in [0.1, 0.15) is 37.3 Å². The quantitative estimate of drug-likeness (QED) is 0.865. The summed E-state index contributed by atoms with van der Waals surface area (Å²) in [7, 11) is 0. The van der Waals surface area contributed by atoms with Gasteiger partial charge in [0.05, 0.1) is 19.1 Å². The smallest absolute Gasteiger partial charge is 0.242 e. The molecular weight excluding hydrogens is 337 g/mol. The number of benzene rings is 1. The maximum atomic E-state index is 12.5. The highest BCUT2D eigenvalue weighted by atomic mass is 35.5. The second-order valence-corrected chi connectivity index (χ2v) is 5.92. The minimum Gasteiger partial charge on any atom is -0.346 e. The highest BCUT2D eigenvalue weighted by Gasteiger charge is 2.26. The number of hydrogen-bond donors (Lipinski definition) is 2. The average Bonchev–Trinajstić information content (AvgIpc) is 2.79. The maximum Gasteiger partial charge on any atom is 0.242 e. The minimum atomic E-state index is -0.314. The summed E-state index contributed by atoms with van der Waals surface area (Å²) in [6, 6.07) is 7.68. The Balaban J connectivity index is 0.00000264. The third-order valence-corrected chi connectivity index (χ3v) is 4.20. The van der Waals surface area contributed by atoms with E-state index in [1.807, 2.05) is 29.2 Å². The van der Waals surface area contributed by atoms with Crippen molar-refractivity contribution in [1.82, 2.24) is 10.2 Å². The summed E-state index contributed by atoms with van der Waals surface area (Å²) >= 11 is 5.94. The van der Waals surface area contributed by atoms with Gasteiger partial charge in [0, 0.05) is 11.6 Å². The summed E-state index contributed by atoms with van der Waals surface area (Å²) in [6.45, 7) is 0.610. The van der Waals surface area contributed by atoms with E-state index in [2.05, 4.69) is 5.32 Å². The van der Waals surface area contributed by atoms with E-state index in [9.17, 15) is 9.59 Å². The Bertz CT molecular complexity index is 523. The molecule has 1 aliphatic heterocycles. The molecule has 0 aliphatic carbocycles. The molecule has 0 bridgehead atoms. The number of nitrogens with zero attached hydrogens (tertiary/aromatic N) is 1. The van der Waals surface area contributed by atoms with Gasteiger partial charge in [0.15, 0.2) is 0 Å². The Morgan fingerprint density at radius 1 is 1.22 bits per heavy atom. The van der Waals surface area contributed by atoms with Crippen LogP contribution in [0.2, 0.25) is 5.02 Å². The molecule has 0 saturated carbocycles. The molecule has 1 heterocycles. The van der Waals surface area contributed by atoms with Crippen LogP contribution in [0, 0.1) is 0 Å². The van der Waals surface area contributed by atoms with Crippen LogP contribution in [0.15, 0.2) is 24.3 Å². The van der Waals surface area contributed by atoms with E-state index in [1.165, 1.54) is 0 Å². The average molecular weight is 360 g/mol. The van der Waals surface area contributed by atoms with Gasteiger partial charge in [-0.2, -0.15) is 0 Å². The molecule has 23 heavy (non-hydrogen) atoms. The van der Waals surface area contributed by atoms with Gasteiger partial charge >= 0.3 is 0 Å². The first-order chi connectivity index (χ1) is 10.6. The number of hydrogen-bond acceptors (Lipinski definition) is 3. The molecule has 1 unspecified atom stereocenters. The Hall–Kier alpha value is -1.30. The number of halogens is 2. The van der Waals surface area contributed by atoms with Gasteiger partial charge in [-0.25, -0.2) is 0 Å². The summed E-state index contributed by atoms with van der Waals surface area (Å²) in [6.07, 6.45) is 4.12. The van der Waals surface area contributed by atoms with Crippen molar-refractivity contribution in [2.45, 2.75) is 31.7 Å². The van der Waals surface area contributed by atoms with Gasteiger partial charge in [0.1, 0.15) is 0 Å². The topological polar surface area (TPSA) is 75.4 Å². The Kier molecular flexibility index (Phi) is 8.37. The van der Waals surface area contributed by atoms with Crippen LogP contribution in [0.25, 0.3) is 0 Å². The summed E-state index contributed by atoms with van der Waals surface area (Å²) in [4.78, 5) is 25.6. The number of carbonyl (C=O) groups is 2. The zero-order chi connectivity index (χ0) is 15.9. The molecule has 1 aromatic rings. The molecule has 1 fully saturated rings. The number of amides is 2. The summed E-state index contributed by atoms with van der Waals surface area (Å²) in [5.41, 5.74) is 6.33. The fourth-order valence-corrected chi connectivity index (χ4v) is 2.91. The number of nitrogens with two attached hydrogens (primary N) is 1. The largest absolute Gasteiger partial charge is 0.346 e. The van der Waals surface area contributed by atoms with E-state index in [4.69, 9.17) is 17.3 Å². The highest BCUT2D eigenvalue weighted by molar-refractivity contribution is 6.30. The van der Waals surface area contributed by atoms with Gasteiger partial charge < -0.3 is 16.0 Å². The zero-order valence-corrected chi connectivity index (χ0v) is 14.5. The molecule has 128 valence electrons. The van der Waals surface area contributed by atoms with Gasteiger partial charge in [-0.15, -0.1) is 12.4 Å². The lowest BCUT2D eigenvalue weighted by molar-refractivity contribution is -0.134. The van der Waals surface area contributed by atoms with Gasteiger partial charge in [0.25, 0.3) is 0 Å². The van der Waals surface area contributed by atoms with Crippen LogP contribution in [0.3, 0.4) is 0 Å². The molecule has 2 amide bonds. The van der Waals surface area contributed by atoms with Crippen molar-refractivity contribution in [3.8, 4) is 0 Å². The normalized spacial score (nSPS) is 17.8. The number of nitrogens with one attached hydrogen (secondary N) is 1. The fourth-order valence-electron chi connectivity index (χ4n) is 2.79. The first-order valence-corrected chi connectivity index (χ1v) is 8.01. The lowest BCUT2D eigenvalue weighted by Crippen LogP contribution is -2.43. The van der Waals surface area contributed by atoms with Crippen molar-refractivity contribution in [1.29, 1.82) is 0 Å².